The van der Waals surface area contributed by atoms with Crippen LogP contribution in [-0.2, 0) is 4.74 Å². The van der Waals surface area contributed by atoms with Crippen molar-refractivity contribution in [2.75, 3.05) is 0 Å². The summed E-state index contributed by atoms with van der Waals surface area (Å²) in [6.45, 7) is 5.80. The molecule has 0 fully saturated rings. The quantitative estimate of drug-likeness (QED) is 0.853. The maximum atomic E-state index is 11.5. The highest BCUT2D eigenvalue weighted by Crippen LogP contribution is 2.23. The van der Waals surface area contributed by atoms with Gasteiger partial charge in [-0.2, -0.15) is 0 Å². The van der Waals surface area contributed by atoms with E-state index < -0.39 is 0 Å². The van der Waals surface area contributed by atoms with E-state index in [0.29, 0.717) is 0 Å². The molecule has 1 atom stereocenters. The average Bonchev–Trinajstić information content (AvgIpc) is 2.68. The van der Waals surface area contributed by atoms with Gasteiger partial charge in [0.15, 0.2) is 0 Å². The fourth-order valence-corrected chi connectivity index (χ4v) is 2.27. The zero-order chi connectivity index (χ0) is 12.0. The lowest BCUT2D eigenvalue weighted by Gasteiger charge is -2.17. The van der Waals surface area contributed by atoms with Crippen molar-refractivity contribution in [3.63, 3.8) is 0 Å². The zero-order valence-electron chi connectivity index (χ0n) is 10.0. The summed E-state index contributed by atoms with van der Waals surface area (Å²) in [6.07, 6.45) is 1.56. The van der Waals surface area contributed by atoms with Crippen LogP contribution in [-0.4, -0.2) is 12.2 Å². The van der Waals surface area contributed by atoms with Gasteiger partial charge in [-0.15, -0.1) is 11.3 Å². The van der Waals surface area contributed by atoms with Gasteiger partial charge in [0.2, 0.25) is 0 Å². The van der Waals surface area contributed by atoms with E-state index in [1.807, 2.05) is 31.4 Å². The third-order valence-electron chi connectivity index (χ3n) is 2.10. The van der Waals surface area contributed by atoms with Gasteiger partial charge in [0.1, 0.15) is 0 Å². The van der Waals surface area contributed by atoms with E-state index in [9.17, 15) is 4.79 Å². The Morgan fingerprint density at radius 3 is 2.81 bits per heavy atom. The number of ether oxygens (including phenoxy) is 1. The maximum Gasteiger partial charge on any atom is 0.407 e. The fraction of sp³-hybridized carbons (Fsp3) is 0.583. The van der Waals surface area contributed by atoms with E-state index in [-0.39, 0.29) is 18.2 Å². The molecule has 1 N–H and O–H groups in total. The lowest BCUT2D eigenvalue weighted by atomic mass is 10.1. The highest BCUT2D eigenvalue weighted by atomic mass is 32.1. The first-order chi connectivity index (χ1) is 7.63. The van der Waals surface area contributed by atoms with Gasteiger partial charge in [-0.3, -0.25) is 0 Å². The molecule has 1 rings (SSSR count). The molecule has 1 amide bonds. The van der Waals surface area contributed by atoms with E-state index in [1.165, 1.54) is 4.88 Å². The summed E-state index contributed by atoms with van der Waals surface area (Å²) in [5, 5.41) is 4.92. The second kappa shape index (κ2) is 6.53. The van der Waals surface area contributed by atoms with Crippen LogP contribution in [0.3, 0.4) is 0 Å². The molecule has 1 heterocycles. The Bertz CT molecular complexity index is 309. The number of amides is 1. The first-order valence-electron chi connectivity index (χ1n) is 5.64. The van der Waals surface area contributed by atoms with E-state index in [0.717, 1.165) is 12.8 Å². The van der Waals surface area contributed by atoms with Gasteiger partial charge in [-0.25, -0.2) is 4.79 Å². The van der Waals surface area contributed by atoms with Crippen LogP contribution in [0.25, 0.3) is 0 Å². The third kappa shape index (κ3) is 4.23. The second-order valence-electron chi connectivity index (χ2n) is 3.96. The zero-order valence-corrected chi connectivity index (χ0v) is 10.8. The van der Waals surface area contributed by atoms with Crippen molar-refractivity contribution < 1.29 is 9.53 Å². The predicted molar refractivity (Wildman–Crippen MR) is 66.7 cm³/mol. The molecule has 0 saturated heterocycles. The van der Waals surface area contributed by atoms with E-state index in [2.05, 4.69) is 12.2 Å². The number of carbonyl (C=O) groups excluding carboxylic acids is 1. The van der Waals surface area contributed by atoms with Gasteiger partial charge in [0.05, 0.1) is 12.1 Å². The molecule has 0 aromatic carbocycles. The predicted octanol–water partition coefficient (Wildman–Crippen LogP) is 3.72. The Balaban J connectivity index is 2.55. The summed E-state index contributed by atoms with van der Waals surface area (Å²) in [4.78, 5) is 12.7. The van der Waals surface area contributed by atoms with Crippen molar-refractivity contribution >= 4 is 17.4 Å². The third-order valence-corrected chi connectivity index (χ3v) is 3.08. The highest BCUT2D eigenvalue weighted by Gasteiger charge is 2.15. The standard InChI is InChI=1S/C12H19NO2S/c1-4-6-10(11-7-5-8-16-11)13-12(14)15-9(2)3/h5,7-10H,4,6H2,1-3H3,(H,13,14). The molecular weight excluding hydrogens is 222 g/mol. The minimum absolute atomic E-state index is 0.0781. The molecule has 4 heteroatoms. The number of rotatable bonds is 5. The summed E-state index contributed by atoms with van der Waals surface area (Å²) >= 11 is 1.66. The lowest BCUT2D eigenvalue weighted by Crippen LogP contribution is -2.30. The van der Waals surface area contributed by atoms with Crippen LogP contribution in [0.5, 0.6) is 0 Å². The van der Waals surface area contributed by atoms with Crippen molar-refractivity contribution in [1.82, 2.24) is 5.32 Å². The van der Waals surface area contributed by atoms with Crippen molar-refractivity contribution in [2.45, 2.75) is 45.8 Å². The minimum atomic E-state index is -0.332. The Kier molecular flexibility index (Phi) is 5.32. The second-order valence-corrected chi connectivity index (χ2v) is 4.93. The normalized spacial score (nSPS) is 12.5. The van der Waals surface area contributed by atoms with Crippen LogP contribution in [0.1, 0.15) is 44.5 Å². The van der Waals surface area contributed by atoms with Crippen LogP contribution in [0.15, 0.2) is 17.5 Å². The molecule has 90 valence electrons. The molecule has 0 aliphatic rings. The van der Waals surface area contributed by atoms with E-state index in [4.69, 9.17) is 4.74 Å². The molecule has 1 aromatic heterocycles. The van der Waals surface area contributed by atoms with Crippen molar-refractivity contribution in [1.29, 1.82) is 0 Å². The summed E-state index contributed by atoms with van der Waals surface area (Å²) in [6, 6.07) is 4.12. The average molecular weight is 241 g/mol. The number of carbonyl (C=O) groups is 1. The first kappa shape index (κ1) is 13.0. The topological polar surface area (TPSA) is 38.3 Å². The van der Waals surface area contributed by atoms with Gasteiger partial charge < -0.3 is 10.1 Å². The molecule has 1 unspecified atom stereocenters. The summed E-state index contributed by atoms with van der Waals surface area (Å²) in [5.41, 5.74) is 0. The van der Waals surface area contributed by atoms with Crippen LogP contribution >= 0.6 is 11.3 Å². The van der Waals surface area contributed by atoms with Gasteiger partial charge >= 0.3 is 6.09 Å². The minimum Gasteiger partial charge on any atom is -0.447 e. The van der Waals surface area contributed by atoms with Crippen LogP contribution in [0.2, 0.25) is 0 Å². The van der Waals surface area contributed by atoms with Gasteiger partial charge in [-0.05, 0) is 31.7 Å². The summed E-state index contributed by atoms with van der Waals surface area (Å²) < 4.78 is 5.08. The largest absolute Gasteiger partial charge is 0.447 e. The number of hydrogen-bond donors (Lipinski definition) is 1. The van der Waals surface area contributed by atoms with Crippen molar-refractivity contribution in [3.8, 4) is 0 Å². The molecule has 0 radical (unpaired) electrons. The lowest BCUT2D eigenvalue weighted by molar-refractivity contribution is 0.112. The van der Waals surface area contributed by atoms with Crippen LogP contribution in [0.4, 0.5) is 4.79 Å². The number of thiophene rings is 1. The maximum absolute atomic E-state index is 11.5. The number of nitrogens with one attached hydrogen (secondary N) is 1. The number of alkyl carbamates (subject to hydrolysis) is 1. The molecule has 0 spiro atoms. The van der Waals surface area contributed by atoms with Crippen LogP contribution < -0.4 is 5.32 Å². The molecular formula is C12H19NO2S. The molecule has 0 saturated carbocycles. The molecule has 16 heavy (non-hydrogen) atoms. The smallest absolute Gasteiger partial charge is 0.407 e. The van der Waals surface area contributed by atoms with Gasteiger partial charge in [-0.1, -0.05) is 19.4 Å². The molecule has 0 aliphatic heterocycles. The first-order valence-corrected chi connectivity index (χ1v) is 6.52. The molecule has 3 nitrogen and oxygen atoms in total. The van der Waals surface area contributed by atoms with Gasteiger partial charge in [0, 0.05) is 4.88 Å². The molecule has 1 aromatic rings. The summed E-state index contributed by atoms with van der Waals surface area (Å²) in [5.74, 6) is 0. The van der Waals surface area contributed by atoms with E-state index >= 15 is 0 Å². The monoisotopic (exact) mass is 241 g/mol. The fourth-order valence-electron chi connectivity index (χ4n) is 1.45. The molecule has 0 bridgehead atoms. The van der Waals surface area contributed by atoms with Gasteiger partial charge in [0.25, 0.3) is 0 Å². The number of hydrogen-bond acceptors (Lipinski definition) is 3. The van der Waals surface area contributed by atoms with Crippen LogP contribution in [0, 0.1) is 0 Å². The van der Waals surface area contributed by atoms with Crippen molar-refractivity contribution in [3.05, 3.63) is 22.4 Å². The van der Waals surface area contributed by atoms with Crippen molar-refractivity contribution in [2.24, 2.45) is 0 Å². The Morgan fingerprint density at radius 2 is 2.31 bits per heavy atom. The Labute approximate surface area is 101 Å². The molecule has 0 aliphatic carbocycles. The Morgan fingerprint density at radius 1 is 1.56 bits per heavy atom. The summed E-state index contributed by atoms with van der Waals surface area (Å²) in [7, 11) is 0. The van der Waals surface area contributed by atoms with E-state index in [1.54, 1.807) is 11.3 Å². The Hall–Kier alpha value is -1.03. The highest BCUT2D eigenvalue weighted by molar-refractivity contribution is 7.10. The SMILES string of the molecule is CCCC(NC(=O)OC(C)C)c1cccs1.